The van der Waals surface area contributed by atoms with E-state index in [1.54, 1.807) is 11.8 Å². The summed E-state index contributed by atoms with van der Waals surface area (Å²) in [5.41, 5.74) is 5.82. The molecule has 0 heterocycles. The van der Waals surface area contributed by atoms with E-state index in [0.29, 0.717) is 0 Å². The van der Waals surface area contributed by atoms with Crippen LogP contribution in [0.5, 0.6) is 0 Å². The van der Waals surface area contributed by atoms with Gasteiger partial charge in [0.05, 0.1) is 5.92 Å². The lowest BCUT2D eigenvalue weighted by Crippen LogP contribution is -2.39. The van der Waals surface area contributed by atoms with Gasteiger partial charge in [0.15, 0.2) is 0 Å². The summed E-state index contributed by atoms with van der Waals surface area (Å²) in [7, 11) is 0. The summed E-state index contributed by atoms with van der Waals surface area (Å²) >= 11 is 1.74. The molecule has 0 spiro atoms. The quantitative estimate of drug-likeness (QED) is 0.656. The maximum Gasteiger partial charge on any atom is 0.224 e. The predicted molar refractivity (Wildman–Crippen MR) is 56.7 cm³/mol. The predicted octanol–water partition coefficient (Wildman–Crippen LogP) is 0.593. The molecule has 1 rings (SSSR count). The summed E-state index contributed by atoms with van der Waals surface area (Å²) in [5.74, 6) is 1.20. The van der Waals surface area contributed by atoms with Crippen molar-refractivity contribution in [3.8, 4) is 0 Å². The van der Waals surface area contributed by atoms with Crippen molar-refractivity contribution in [2.24, 2.45) is 11.7 Å². The Labute approximate surface area is 83.8 Å². The maximum atomic E-state index is 11.5. The van der Waals surface area contributed by atoms with Crippen LogP contribution in [0.1, 0.15) is 19.3 Å². The van der Waals surface area contributed by atoms with Crippen LogP contribution < -0.4 is 11.1 Å². The lowest BCUT2D eigenvalue weighted by Gasteiger charge is -2.14. The number of thioether (sulfide) groups is 1. The zero-order chi connectivity index (χ0) is 9.68. The van der Waals surface area contributed by atoms with Crippen LogP contribution in [0.25, 0.3) is 0 Å². The standard InChI is InChI=1S/C9H18N2OS/c1-13-6-5-11-9(12)7-3-2-4-8(7)10/h7-8H,2-6,10H2,1H3,(H,11,12). The highest BCUT2D eigenvalue weighted by Gasteiger charge is 2.29. The number of nitrogens with one attached hydrogen (secondary N) is 1. The molecule has 13 heavy (non-hydrogen) atoms. The number of nitrogens with two attached hydrogens (primary N) is 1. The molecule has 1 aliphatic carbocycles. The molecular weight excluding hydrogens is 184 g/mol. The highest BCUT2D eigenvalue weighted by Crippen LogP contribution is 2.23. The largest absolute Gasteiger partial charge is 0.355 e. The molecule has 2 unspecified atom stereocenters. The first-order valence-electron chi connectivity index (χ1n) is 4.78. The normalized spacial score (nSPS) is 27.5. The topological polar surface area (TPSA) is 55.1 Å². The molecule has 4 heteroatoms. The van der Waals surface area contributed by atoms with Gasteiger partial charge in [-0.2, -0.15) is 11.8 Å². The van der Waals surface area contributed by atoms with Crippen molar-refractivity contribution in [3.63, 3.8) is 0 Å². The summed E-state index contributed by atoms with van der Waals surface area (Å²) in [6.07, 6.45) is 5.10. The molecule has 1 saturated carbocycles. The summed E-state index contributed by atoms with van der Waals surface area (Å²) in [6, 6.07) is 0.0919. The van der Waals surface area contributed by atoms with Gasteiger partial charge in [-0.25, -0.2) is 0 Å². The Balaban J connectivity index is 2.22. The third kappa shape index (κ3) is 3.19. The van der Waals surface area contributed by atoms with E-state index in [1.807, 2.05) is 6.26 Å². The van der Waals surface area contributed by atoms with Gasteiger partial charge in [-0.05, 0) is 19.1 Å². The second kappa shape index (κ2) is 5.50. The maximum absolute atomic E-state index is 11.5. The van der Waals surface area contributed by atoms with Crippen LogP contribution in [0.3, 0.4) is 0 Å². The van der Waals surface area contributed by atoms with E-state index in [1.165, 1.54) is 0 Å². The van der Waals surface area contributed by atoms with Gasteiger partial charge >= 0.3 is 0 Å². The zero-order valence-corrected chi connectivity index (χ0v) is 8.90. The highest BCUT2D eigenvalue weighted by molar-refractivity contribution is 7.98. The van der Waals surface area contributed by atoms with Crippen molar-refractivity contribution in [3.05, 3.63) is 0 Å². The summed E-state index contributed by atoms with van der Waals surface area (Å²) in [4.78, 5) is 11.5. The van der Waals surface area contributed by atoms with E-state index in [2.05, 4.69) is 5.32 Å². The van der Waals surface area contributed by atoms with Gasteiger partial charge in [-0.3, -0.25) is 4.79 Å². The molecule has 0 aromatic heterocycles. The molecule has 1 fully saturated rings. The van der Waals surface area contributed by atoms with Crippen molar-refractivity contribution >= 4 is 17.7 Å². The van der Waals surface area contributed by atoms with Crippen LogP contribution >= 0.6 is 11.8 Å². The van der Waals surface area contributed by atoms with Gasteiger partial charge in [-0.15, -0.1) is 0 Å². The summed E-state index contributed by atoms with van der Waals surface area (Å²) in [5, 5.41) is 2.92. The Morgan fingerprint density at radius 1 is 1.62 bits per heavy atom. The molecule has 1 aliphatic rings. The zero-order valence-electron chi connectivity index (χ0n) is 8.08. The second-order valence-electron chi connectivity index (χ2n) is 3.49. The van der Waals surface area contributed by atoms with Crippen LogP contribution in [0.2, 0.25) is 0 Å². The first-order valence-corrected chi connectivity index (χ1v) is 6.17. The fraction of sp³-hybridized carbons (Fsp3) is 0.889. The smallest absolute Gasteiger partial charge is 0.224 e. The lowest BCUT2D eigenvalue weighted by atomic mass is 10.0. The number of hydrogen-bond donors (Lipinski definition) is 2. The minimum atomic E-state index is 0.0712. The average Bonchev–Trinajstić information content (AvgIpc) is 2.52. The van der Waals surface area contributed by atoms with Gasteiger partial charge < -0.3 is 11.1 Å². The van der Waals surface area contributed by atoms with Crippen LogP contribution in [0.15, 0.2) is 0 Å². The Kier molecular flexibility index (Phi) is 4.59. The molecule has 76 valence electrons. The Hall–Kier alpha value is -0.220. The molecule has 0 radical (unpaired) electrons. The Morgan fingerprint density at radius 2 is 2.38 bits per heavy atom. The molecular formula is C9H18N2OS. The van der Waals surface area contributed by atoms with Gasteiger partial charge in [0, 0.05) is 18.3 Å². The Bertz CT molecular complexity index is 175. The summed E-state index contributed by atoms with van der Waals surface area (Å²) < 4.78 is 0. The number of hydrogen-bond acceptors (Lipinski definition) is 3. The molecule has 0 aliphatic heterocycles. The number of carbonyl (C=O) groups excluding carboxylic acids is 1. The molecule has 1 amide bonds. The average molecular weight is 202 g/mol. The molecule has 3 N–H and O–H groups in total. The number of amides is 1. The van der Waals surface area contributed by atoms with E-state index >= 15 is 0 Å². The molecule has 2 atom stereocenters. The minimum absolute atomic E-state index is 0.0712. The van der Waals surface area contributed by atoms with Gasteiger partial charge in [0.2, 0.25) is 5.91 Å². The van der Waals surface area contributed by atoms with E-state index in [-0.39, 0.29) is 17.9 Å². The first-order chi connectivity index (χ1) is 6.25. The minimum Gasteiger partial charge on any atom is -0.355 e. The van der Waals surface area contributed by atoms with E-state index in [9.17, 15) is 4.79 Å². The van der Waals surface area contributed by atoms with E-state index < -0.39 is 0 Å². The third-order valence-electron chi connectivity index (χ3n) is 2.51. The van der Waals surface area contributed by atoms with Gasteiger partial charge in [0.25, 0.3) is 0 Å². The first kappa shape index (κ1) is 10.9. The van der Waals surface area contributed by atoms with Crippen LogP contribution in [0, 0.1) is 5.92 Å². The monoisotopic (exact) mass is 202 g/mol. The Morgan fingerprint density at radius 3 is 2.92 bits per heavy atom. The van der Waals surface area contributed by atoms with Crippen LogP contribution in [-0.2, 0) is 4.79 Å². The number of rotatable bonds is 4. The summed E-state index contributed by atoms with van der Waals surface area (Å²) in [6.45, 7) is 0.767. The fourth-order valence-electron chi connectivity index (χ4n) is 1.72. The van der Waals surface area contributed by atoms with Crippen molar-refractivity contribution in [2.45, 2.75) is 25.3 Å². The third-order valence-corrected chi connectivity index (χ3v) is 3.12. The SMILES string of the molecule is CSCCNC(=O)C1CCCC1N. The highest BCUT2D eigenvalue weighted by atomic mass is 32.2. The molecule has 0 aromatic carbocycles. The van der Waals surface area contributed by atoms with Crippen molar-refractivity contribution in [1.29, 1.82) is 0 Å². The fourth-order valence-corrected chi connectivity index (χ4v) is 2.03. The van der Waals surface area contributed by atoms with Crippen molar-refractivity contribution in [1.82, 2.24) is 5.32 Å². The molecule has 0 bridgehead atoms. The molecule has 0 aromatic rings. The van der Waals surface area contributed by atoms with E-state index in [4.69, 9.17) is 5.73 Å². The van der Waals surface area contributed by atoms with Gasteiger partial charge in [0.1, 0.15) is 0 Å². The van der Waals surface area contributed by atoms with Crippen LogP contribution in [-0.4, -0.2) is 30.5 Å². The molecule has 0 saturated heterocycles. The number of carbonyl (C=O) groups is 1. The molecule has 3 nitrogen and oxygen atoms in total. The van der Waals surface area contributed by atoms with E-state index in [0.717, 1.165) is 31.6 Å². The van der Waals surface area contributed by atoms with Crippen molar-refractivity contribution in [2.75, 3.05) is 18.6 Å². The second-order valence-corrected chi connectivity index (χ2v) is 4.47. The van der Waals surface area contributed by atoms with Crippen molar-refractivity contribution < 1.29 is 4.79 Å². The van der Waals surface area contributed by atoms with Gasteiger partial charge in [-0.1, -0.05) is 6.42 Å². The lowest BCUT2D eigenvalue weighted by molar-refractivity contribution is -0.125. The van der Waals surface area contributed by atoms with Crippen LogP contribution in [0.4, 0.5) is 0 Å².